The molecule has 1 saturated heterocycles. The van der Waals surface area contributed by atoms with Crippen LogP contribution in [0.1, 0.15) is 49.7 Å². The van der Waals surface area contributed by atoms with E-state index < -0.39 is 17.5 Å². The molecule has 1 N–H and O–H groups in total. The topological polar surface area (TPSA) is 107 Å². The Morgan fingerprint density at radius 3 is 2.57 bits per heavy atom. The number of fused-ring (bicyclic) bond motifs is 1. The molecule has 1 atom stereocenters. The maximum atomic E-state index is 14.9. The van der Waals surface area contributed by atoms with Crippen LogP contribution in [0.4, 0.5) is 15.0 Å². The van der Waals surface area contributed by atoms with Gasteiger partial charge < -0.3 is 19.7 Å². The molecule has 1 aliphatic heterocycles. The van der Waals surface area contributed by atoms with Crippen LogP contribution in [0.15, 0.2) is 66.9 Å². The molecule has 4 aromatic rings. The van der Waals surface area contributed by atoms with Gasteiger partial charge in [-0.2, -0.15) is 0 Å². The summed E-state index contributed by atoms with van der Waals surface area (Å²) in [7, 11) is 0. The molecule has 0 bridgehead atoms. The molecule has 1 unspecified atom stereocenters. The van der Waals surface area contributed by atoms with Crippen molar-refractivity contribution in [2.45, 2.75) is 51.9 Å². The number of alkyl carbamates (subject to hydrolysis) is 1. The van der Waals surface area contributed by atoms with Crippen LogP contribution < -0.4 is 10.2 Å². The van der Waals surface area contributed by atoms with E-state index >= 15 is 0 Å². The molecular formula is C32H32FN5O4. The van der Waals surface area contributed by atoms with Crippen molar-refractivity contribution in [3.8, 4) is 11.4 Å². The number of hydrogen-bond acceptors (Lipinski definition) is 8. The van der Waals surface area contributed by atoms with Crippen LogP contribution in [0.5, 0.6) is 0 Å². The molecule has 6 rings (SSSR count). The van der Waals surface area contributed by atoms with Crippen molar-refractivity contribution in [2.75, 3.05) is 18.0 Å². The highest BCUT2D eigenvalue weighted by Crippen LogP contribution is 2.54. The Morgan fingerprint density at radius 1 is 1.05 bits per heavy atom. The molecule has 4 heterocycles. The number of ether oxygens (including phenoxy) is 2. The molecule has 2 fully saturated rings. The number of amides is 1. The van der Waals surface area contributed by atoms with Gasteiger partial charge in [-0.1, -0.05) is 18.2 Å². The van der Waals surface area contributed by atoms with E-state index in [9.17, 15) is 14.0 Å². The van der Waals surface area contributed by atoms with E-state index in [1.165, 1.54) is 12.1 Å². The lowest BCUT2D eigenvalue weighted by Gasteiger charge is -2.19. The van der Waals surface area contributed by atoms with Crippen LogP contribution in [0.25, 0.3) is 22.3 Å². The summed E-state index contributed by atoms with van der Waals surface area (Å²) < 4.78 is 26.2. The van der Waals surface area contributed by atoms with Crippen molar-refractivity contribution in [2.24, 2.45) is 5.41 Å². The molecule has 216 valence electrons. The van der Waals surface area contributed by atoms with Gasteiger partial charge in [-0.3, -0.25) is 4.98 Å². The SMILES string of the molecule is CC(C)(C)OC(=O)NCc1cc2nc(-c3cc(F)cc(N4CC(OC(=O)c5ccccc5)C5(CC5)C4)n3)ccc2cn1. The lowest BCUT2D eigenvalue weighted by molar-refractivity contribution is 0.0215. The predicted molar refractivity (Wildman–Crippen MR) is 155 cm³/mol. The van der Waals surface area contributed by atoms with Crippen LogP contribution in [-0.4, -0.2) is 51.8 Å². The summed E-state index contributed by atoms with van der Waals surface area (Å²) in [5.41, 5.74) is 1.93. The molecule has 2 aliphatic rings. The number of nitrogens with one attached hydrogen (secondary N) is 1. The summed E-state index contributed by atoms with van der Waals surface area (Å²) in [4.78, 5) is 40.7. The Hall–Kier alpha value is -4.60. The second-order valence-electron chi connectivity index (χ2n) is 12.0. The minimum absolute atomic E-state index is 0.128. The van der Waals surface area contributed by atoms with Crippen LogP contribution in [0.2, 0.25) is 0 Å². The zero-order valence-corrected chi connectivity index (χ0v) is 23.8. The molecule has 1 saturated carbocycles. The number of anilines is 1. The van der Waals surface area contributed by atoms with Gasteiger partial charge in [0.05, 0.1) is 41.3 Å². The Labute approximate surface area is 243 Å². The highest BCUT2D eigenvalue weighted by Gasteiger charge is 2.57. The number of halogens is 1. The molecule has 0 radical (unpaired) electrons. The standard InChI is InChI=1S/C32H32FN5O4/c1-31(2,3)42-30(40)35-17-23-15-25-21(16-34-23)9-10-24(36-25)26-13-22(33)14-28(37-26)38-18-27(32(19-38)11-12-32)41-29(39)20-7-5-4-6-8-20/h4-10,13-16,27H,11-12,17-19H2,1-3H3,(H,35,40). The van der Waals surface area contributed by atoms with Crippen LogP contribution in [-0.2, 0) is 16.0 Å². The van der Waals surface area contributed by atoms with Gasteiger partial charge in [-0.25, -0.2) is 23.9 Å². The zero-order chi connectivity index (χ0) is 29.5. The van der Waals surface area contributed by atoms with E-state index in [0.29, 0.717) is 47.1 Å². The molecule has 1 aliphatic carbocycles. The summed E-state index contributed by atoms with van der Waals surface area (Å²) in [5.74, 6) is -0.297. The Morgan fingerprint density at radius 2 is 1.83 bits per heavy atom. The van der Waals surface area contributed by atoms with Crippen LogP contribution in [0, 0.1) is 11.2 Å². The van der Waals surface area contributed by atoms with E-state index in [1.54, 1.807) is 51.2 Å². The number of pyridine rings is 3. The van der Waals surface area contributed by atoms with Gasteiger partial charge in [0.15, 0.2) is 0 Å². The molecule has 10 heteroatoms. The highest BCUT2D eigenvalue weighted by atomic mass is 19.1. The van der Waals surface area contributed by atoms with Gasteiger partial charge in [0, 0.05) is 35.7 Å². The van der Waals surface area contributed by atoms with Gasteiger partial charge in [0.25, 0.3) is 0 Å². The maximum Gasteiger partial charge on any atom is 0.407 e. The van der Waals surface area contributed by atoms with E-state index in [-0.39, 0.29) is 24.0 Å². The van der Waals surface area contributed by atoms with Crippen molar-refractivity contribution in [3.05, 3.63) is 83.9 Å². The number of aromatic nitrogens is 3. The Kier molecular flexibility index (Phi) is 7.00. The van der Waals surface area contributed by atoms with Crippen LogP contribution >= 0.6 is 0 Å². The second-order valence-corrected chi connectivity index (χ2v) is 12.0. The lowest BCUT2D eigenvalue weighted by atomic mass is 10.0. The van der Waals surface area contributed by atoms with Gasteiger partial charge in [-0.15, -0.1) is 0 Å². The first-order valence-corrected chi connectivity index (χ1v) is 14.0. The van der Waals surface area contributed by atoms with Crippen LogP contribution in [0.3, 0.4) is 0 Å². The van der Waals surface area contributed by atoms with Crippen molar-refractivity contribution in [1.82, 2.24) is 20.3 Å². The normalized spacial score (nSPS) is 17.3. The predicted octanol–water partition coefficient (Wildman–Crippen LogP) is 5.68. The number of hydrogen-bond donors (Lipinski definition) is 1. The fourth-order valence-corrected chi connectivity index (χ4v) is 5.24. The van der Waals surface area contributed by atoms with Gasteiger partial charge in [0.1, 0.15) is 23.3 Å². The fraction of sp³-hybridized carbons (Fsp3) is 0.344. The minimum Gasteiger partial charge on any atom is -0.456 e. The quantitative estimate of drug-likeness (QED) is 0.296. The average molecular weight is 570 g/mol. The second kappa shape index (κ2) is 10.7. The minimum atomic E-state index is -0.601. The zero-order valence-electron chi connectivity index (χ0n) is 23.8. The number of benzene rings is 1. The Balaban J connectivity index is 1.20. The smallest absolute Gasteiger partial charge is 0.407 e. The number of carbonyl (C=O) groups excluding carboxylic acids is 2. The first-order valence-electron chi connectivity index (χ1n) is 14.0. The first-order chi connectivity index (χ1) is 20.1. The third-order valence-electron chi connectivity index (χ3n) is 7.53. The molecule has 1 amide bonds. The number of rotatable bonds is 6. The average Bonchev–Trinajstić information content (AvgIpc) is 3.65. The molecule has 1 spiro atoms. The largest absolute Gasteiger partial charge is 0.456 e. The van der Waals surface area contributed by atoms with E-state index in [2.05, 4.69) is 10.3 Å². The molecule has 9 nitrogen and oxygen atoms in total. The van der Waals surface area contributed by atoms with Crippen molar-refractivity contribution in [1.29, 1.82) is 0 Å². The number of nitrogens with zero attached hydrogens (tertiary/aromatic N) is 4. The maximum absolute atomic E-state index is 14.9. The third kappa shape index (κ3) is 6.02. The summed E-state index contributed by atoms with van der Waals surface area (Å²) >= 11 is 0. The number of esters is 1. The Bertz CT molecular complexity index is 1650. The van der Waals surface area contributed by atoms with Gasteiger partial charge in [0.2, 0.25) is 0 Å². The summed E-state index contributed by atoms with van der Waals surface area (Å²) in [6, 6.07) is 17.1. The van der Waals surface area contributed by atoms with Crippen molar-refractivity contribution in [3.63, 3.8) is 0 Å². The molecular weight excluding hydrogens is 537 g/mol. The number of carbonyl (C=O) groups is 2. The van der Waals surface area contributed by atoms with E-state index in [1.807, 2.05) is 29.2 Å². The summed E-state index contributed by atoms with van der Waals surface area (Å²) in [5, 5.41) is 3.50. The first kappa shape index (κ1) is 27.6. The molecule has 42 heavy (non-hydrogen) atoms. The fourth-order valence-electron chi connectivity index (χ4n) is 5.24. The monoisotopic (exact) mass is 569 g/mol. The van der Waals surface area contributed by atoms with Gasteiger partial charge in [-0.05, 0) is 63.9 Å². The summed E-state index contributed by atoms with van der Waals surface area (Å²) in [6.45, 7) is 6.65. The lowest BCUT2D eigenvalue weighted by Crippen LogP contribution is -2.32. The van der Waals surface area contributed by atoms with E-state index in [0.717, 1.165) is 18.2 Å². The summed E-state index contributed by atoms with van der Waals surface area (Å²) in [6.07, 6.45) is 2.75. The molecule has 3 aromatic heterocycles. The highest BCUT2D eigenvalue weighted by molar-refractivity contribution is 5.89. The molecule has 1 aromatic carbocycles. The van der Waals surface area contributed by atoms with Gasteiger partial charge >= 0.3 is 12.1 Å². The van der Waals surface area contributed by atoms with Crippen molar-refractivity contribution >= 4 is 28.8 Å². The third-order valence-corrected chi connectivity index (χ3v) is 7.53. The van der Waals surface area contributed by atoms with Crippen molar-refractivity contribution < 1.29 is 23.5 Å². The van der Waals surface area contributed by atoms with E-state index in [4.69, 9.17) is 19.4 Å².